The van der Waals surface area contributed by atoms with Crippen molar-refractivity contribution in [3.63, 3.8) is 0 Å². The first-order valence-corrected chi connectivity index (χ1v) is 12.0. The molecule has 0 radical (unpaired) electrons. The number of ether oxygens (including phenoxy) is 3. The Hall–Kier alpha value is -1.73. The van der Waals surface area contributed by atoms with E-state index in [1.165, 1.54) is 22.0 Å². The molecule has 0 bridgehead atoms. The monoisotopic (exact) mass is 414 g/mol. The van der Waals surface area contributed by atoms with Crippen molar-refractivity contribution in [2.75, 3.05) is 20.6 Å². The number of hydrogen-bond acceptors (Lipinski definition) is 3. The summed E-state index contributed by atoms with van der Waals surface area (Å²) in [5.74, 6) is 3.55. The van der Waals surface area contributed by atoms with Crippen LogP contribution in [-0.2, 0) is 0 Å². The fourth-order valence-electron chi connectivity index (χ4n) is 4.08. The molecule has 0 fully saturated rings. The minimum atomic E-state index is -0.464. The summed E-state index contributed by atoms with van der Waals surface area (Å²) in [6.07, 6.45) is 0.775. The van der Waals surface area contributed by atoms with Crippen LogP contribution in [0.4, 0.5) is 0 Å². The van der Waals surface area contributed by atoms with Crippen LogP contribution in [0.15, 0.2) is 24.3 Å². The Morgan fingerprint density at radius 3 is 1.93 bits per heavy atom. The second kappa shape index (κ2) is 8.19. The average Bonchev–Trinajstić information content (AvgIpc) is 3.10. The first kappa shape index (κ1) is 22.0. The van der Waals surface area contributed by atoms with E-state index in [1.54, 1.807) is 14.2 Å². The highest BCUT2D eigenvalue weighted by Gasteiger charge is 2.37. The molecule has 29 heavy (non-hydrogen) atoms. The molecule has 0 N–H and O–H groups in total. The molecule has 0 unspecified atom stereocenters. The summed E-state index contributed by atoms with van der Waals surface area (Å²) in [7, 11) is 3.07. The van der Waals surface area contributed by atoms with Gasteiger partial charge < -0.3 is 14.2 Å². The number of benzene rings is 2. The Bertz CT molecular complexity index is 860. The van der Waals surface area contributed by atoms with Crippen molar-refractivity contribution >= 4 is 13.2 Å². The molecular formula is C25H35O3P. The molecule has 3 rings (SSSR count). The normalized spacial score (nSPS) is 16.2. The molecule has 1 aliphatic heterocycles. The van der Waals surface area contributed by atoms with Crippen LogP contribution in [0.25, 0.3) is 11.1 Å². The summed E-state index contributed by atoms with van der Waals surface area (Å²) < 4.78 is 18.2. The molecule has 3 nitrogen and oxygen atoms in total. The van der Waals surface area contributed by atoms with Gasteiger partial charge in [-0.15, -0.1) is 0 Å². The SMILES string of the molecule is COc1c(C(C)C)cc(C(C)C)c(OC)c1-c1cccc2c1[P@@](C(C)(C)C)CO2. The summed E-state index contributed by atoms with van der Waals surface area (Å²) in [6, 6.07) is 8.67. The van der Waals surface area contributed by atoms with Crippen LogP contribution in [0.3, 0.4) is 0 Å². The number of fused-ring (bicyclic) bond motifs is 1. The third-order valence-corrected chi connectivity index (χ3v) is 8.65. The van der Waals surface area contributed by atoms with Gasteiger partial charge in [0.25, 0.3) is 0 Å². The minimum Gasteiger partial charge on any atom is -0.496 e. The molecule has 4 heteroatoms. The lowest BCUT2D eigenvalue weighted by Gasteiger charge is -2.29. The molecule has 158 valence electrons. The molecular weight excluding hydrogens is 379 g/mol. The van der Waals surface area contributed by atoms with Gasteiger partial charge in [0.1, 0.15) is 23.6 Å². The largest absolute Gasteiger partial charge is 0.496 e. The molecule has 2 aromatic carbocycles. The van der Waals surface area contributed by atoms with E-state index in [0.29, 0.717) is 11.8 Å². The summed E-state index contributed by atoms with van der Waals surface area (Å²) >= 11 is 0. The van der Waals surface area contributed by atoms with E-state index in [-0.39, 0.29) is 5.16 Å². The third-order valence-electron chi connectivity index (χ3n) is 5.64. The van der Waals surface area contributed by atoms with Crippen molar-refractivity contribution < 1.29 is 14.2 Å². The topological polar surface area (TPSA) is 27.7 Å². The predicted octanol–water partition coefficient (Wildman–Crippen LogP) is 6.87. The van der Waals surface area contributed by atoms with Gasteiger partial charge in [-0.05, 0) is 48.2 Å². The number of hydrogen-bond donors (Lipinski definition) is 0. The van der Waals surface area contributed by atoms with E-state index in [9.17, 15) is 0 Å². The van der Waals surface area contributed by atoms with Crippen LogP contribution in [0.1, 0.15) is 71.4 Å². The van der Waals surface area contributed by atoms with E-state index in [2.05, 4.69) is 72.7 Å². The lowest BCUT2D eigenvalue weighted by atomic mass is 9.88. The third kappa shape index (κ3) is 3.87. The smallest absolute Gasteiger partial charge is 0.133 e. The molecule has 2 aromatic rings. The van der Waals surface area contributed by atoms with Gasteiger partial charge in [0.05, 0.1) is 19.8 Å². The fraction of sp³-hybridized carbons (Fsp3) is 0.520. The zero-order chi connectivity index (χ0) is 21.5. The zero-order valence-electron chi connectivity index (χ0n) is 19.3. The Morgan fingerprint density at radius 2 is 1.48 bits per heavy atom. The van der Waals surface area contributed by atoms with E-state index in [4.69, 9.17) is 14.2 Å². The van der Waals surface area contributed by atoms with Crippen LogP contribution in [-0.4, -0.2) is 25.7 Å². The predicted molar refractivity (Wildman–Crippen MR) is 125 cm³/mol. The van der Waals surface area contributed by atoms with Crippen molar-refractivity contribution in [1.82, 2.24) is 0 Å². The first-order valence-electron chi connectivity index (χ1n) is 10.4. The molecule has 0 saturated heterocycles. The average molecular weight is 415 g/mol. The number of methoxy groups -OCH3 is 2. The summed E-state index contributed by atoms with van der Waals surface area (Å²) in [5.41, 5.74) is 4.72. The van der Waals surface area contributed by atoms with E-state index < -0.39 is 7.92 Å². The van der Waals surface area contributed by atoms with Gasteiger partial charge in [0.15, 0.2) is 0 Å². The lowest BCUT2D eigenvalue weighted by Crippen LogP contribution is -2.19. The maximum Gasteiger partial charge on any atom is 0.133 e. The van der Waals surface area contributed by atoms with Crippen LogP contribution in [0.5, 0.6) is 17.2 Å². The Morgan fingerprint density at radius 1 is 0.931 bits per heavy atom. The van der Waals surface area contributed by atoms with Crippen molar-refractivity contribution in [3.8, 4) is 28.4 Å². The highest BCUT2D eigenvalue weighted by molar-refractivity contribution is 7.67. The van der Waals surface area contributed by atoms with Gasteiger partial charge >= 0.3 is 0 Å². The molecule has 1 heterocycles. The van der Waals surface area contributed by atoms with Gasteiger partial charge in [-0.2, -0.15) is 0 Å². The molecule has 1 aliphatic rings. The summed E-state index contributed by atoms with van der Waals surface area (Å²) in [6.45, 7) is 15.8. The minimum absolute atomic E-state index is 0.160. The van der Waals surface area contributed by atoms with E-state index in [0.717, 1.165) is 29.2 Å². The molecule has 1 atom stereocenters. The number of rotatable bonds is 5. The van der Waals surface area contributed by atoms with Crippen molar-refractivity contribution in [2.24, 2.45) is 0 Å². The Kier molecular flexibility index (Phi) is 6.20. The van der Waals surface area contributed by atoms with Gasteiger partial charge in [-0.1, -0.05) is 60.6 Å². The second-order valence-corrected chi connectivity index (χ2v) is 12.2. The quantitative estimate of drug-likeness (QED) is 0.500. The van der Waals surface area contributed by atoms with Crippen LogP contribution in [0.2, 0.25) is 0 Å². The Balaban J connectivity index is 2.43. The first-order chi connectivity index (χ1) is 13.6. The molecule has 0 aliphatic carbocycles. The Labute approximate surface area is 177 Å². The second-order valence-electron chi connectivity index (χ2n) is 9.33. The summed E-state index contributed by atoms with van der Waals surface area (Å²) in [5, 5.41) is 1.50. The van der Waals surface area contributed by atoms with Gasteiger partial charge in [-0.3, -0.25) is 0 Å². The van der Waals surface area contributed by atoms with E-state index in [1.807, 2.05) is 0 Å². The molecule has 0 aromatic heterocycles. The fourth-order valence-corrected chi connectivity index (χ4v) is 6.42. The van der Waals surface area contributed by atoms with Crippen molar-refractivity contribution in [1.29, 1.82) is 0 Å². The van der Waals surface area contributed by atoms with Gasteiger partial charge in [-0.25, -0.2) is 0 Å². The molecule has 0 saturated carbocycles. The van der Waals surface area contributed by atoms with Gasteiger partial charge in [0, 0.05) is 10.9 Å². The molecule has 0 spiro atoms. The van der Waals surface area contributed by atoms with Crippen molar-refractivity contribution in [2.45, 2.75) is 65.5 Å². The van der Waals surface area contributed by atoms with Crippen molar-refractivity contribution in [3.05, 3.63) is 35.4 Å². The molecule has 0 amide bonds. The van der Waals surface area contributed by atoms with Crippen LogP contribution >= 0.6 is 7.92 Å². The standard InChI is InChI=1S/C25H35O3P/c1-15(2)18-13-19(16(3)4)23(27-9)21(22(18)26-8)17-11-10-12-20-24(17)29(14-28-20)25(5,6)7/h10-13,15-16H,14H2,1-9H3/t29-/m0/s1. The lowest BCUT2D eigenvalue weighted by molar-refractivity contribution is 0.388. The summed E-state index contributed by atoms with van der Waals surface area (Å²) in [4.78, 5) is 0. The highest BCUT2D eigenvalue weighted by atomic mass is 31.1. The van der Waals surface area contributed by atoms with E-state index >= 15 is 0 Å². The van der Waals surface area contributed by atoms with Crippen LogP contribution in [0, 0.1) is 0 Å². The maximum atomic E-state index is 6.15. The maximum absolute atomic E-state index is 6.15. The highest BCUT2D eigenvalue weighted by Crippen LogP contribution is 2.58. The zero-order valence-corrected chi connectivity index (χ0v) is 20.2. The van der Waals surface area contributed by atoms with Gasteiger partial charge in [0.2, 0.25) is 0 Å². The van der Waals surface area contributed by atoms with Crippen LogP contribution < -0.4 is 19.5 Å².